The van der Waals surface area contributed by atoms with Gasteiger partial charge < -0.3 is 9.90 Å². The van der Waals surface area contributed by atoms with Crippen molar-refractivity contribution in [2.45, 2.75) is 13.0 Å². The van der Waals surface area contributed by atoms with Gasteiger partial charge in [0.1, 0.15) is 6.10 Å². The summed E-state index contributed by atoms with van der Waals surface area (Å²) in [5.74, 6) is -1.55. The molecule has 0 fully saturated rings. The first-order valence-electron chi connectivity index (χ1n) is 2.42. The van der Waals surface area contributed by atoms with Crippen LogP contribution < -0.4 is 5.11 Å². The Kier molecular flexibility index (Phi) is 2.79. The molecule has 0 amide bonds. The predicted molar refractivity (Wildman–Crippen MR) is 30.4 cm³/mol. The summed E-state index contributed by atoms with van der Waals surface area (Å²) in [6.07, 6.45) is -0.651. The molecule has 0 aromatic heterocycles. The van der Waals surface area contributed by atoms with Crippen LogP contribution in [0.1, 0.15) is 6.92 Å². The van der Waals surface area contributed by atoms with Crippen LogP contribution in [0.2, 0.25) is 0 Å². The number of carboxylic acids is 1. The summed E-state index contributed by atoms with van der Waals surface area (Å²) < 4.78 is 24.5. The number of carbonyl (C=O) groups excluding carboxylic acids is 1. The highest BCUT2D eigenvalue weighted by Crippen LogP contribution is 1.94. The molecule has 6 heteroatoms. The molecule has 0 aromatic rings. The highest BCUT2D eigenvalue weighted by atomic mass is 32.2. The molecule has 0 saturated heterocycles. The van der Waals surface area contributed by atoms with Gasteiger partial charge in [0.25, 0.3) is 10.1 Å². The van der Waals surface area contributed by atoms with Crippen LogP contribution in [0.3, 0.4) is 0 Å². The summed E-state index contributed by atoms with van der Waals surface area (Å²) in [5, 5.41) is 9.88. The van der Waals surface area contributed by atoms with Gasteiger partial charge in [0.2, 0.25) is 0 Å². The van der Waals surface area contributed by atoms with Crippen molar-refractivity contribution in [2.24, 2.45) is 0 Å². The normalized spacial score (nSPS) is 14.6. The van der Waals surface area contributed by atoms with Crippen LogP contribution in [0.25, 0.3) is 0 Å². The highest BCUT2D eigenvalue weighted by molar-refractivity contribution is 7.86. The molecule has 0 radical (unpaired) electrons. The third-order valence-electron chi connectivity index (χ3n) is 0.651. The van der Waals surface area contributed by atoms with E-state index in [2.05, 4.69) is 4.18 Å². The van der Waals surface area contributed by atoms with Gasteiger partial charge in [-0.1, -0.05) is 0 Å². The van der Waals surface area contributed by atoms with Gasteiger partial charge in [-0.15, -0.1) is 0 Å². The third-order valence-corrected chi connectivity index (χ3v) is 1.29. The first-order chi connectivity index (χ1) is 4.33. The van der Waals surface area contributed by atoms with Gasteiger partial charge in [-0.3, -0.25) is 4.18 Å². The van der Waals surface area contributed by atoms with E-state index in [1.165, 1.54) is 0 Å². The van der Waals surface area contributed by atoms with E-state index in [0.29, 0.717) is 0 Å². The average Bonchev–Trinajstić information content (AvgIpc) is 1.60. The standard InChI is InChI=1S/C4H8O5S/c1-3(4(5)6)9-10(2,7)8/h3H,1-2H3,(H,5,6)/p-1/t3-/m0/s1. The number of carbonyl (C=O) groups is 1. The Hall–Kier alpha value is -0.620. The molecule has 1 atom stereocenters. The Morgan fingerprint density at radius 3 is 2.10 bits per heavy atom. The monoisotopic (exact) mass is 167 g/mol. The lowest BCUT2D eigenvalue weighted by Crippen LogP contribution is -2.36. The van der Waals surface area contributed by atoms with Crippen LogP contribution in [0.5, 0.6) is 0 Å². The van der Waals surface area contributed by atoms with Crippen LogP contribution in [0, 0.1) is 0 Å². The minimum absolute atomic E-state index is 0.770. The second-order valence-corrected chi connectivity index (χ2v) is 3.36. The second kappa shape index (κ2) is 2.98. The molecule has 0 N–H and O–H groups in total. The van der Waals surface area contributed by atoms with Gasteiger partial charge in [0, 0.05) is 0 Å². The third kappa shape index (κ3) is 4.28. The molecule has 0 bridgehead atoms. The van der Waals surface area contributed by atoms with E-state index in [1.807, 2.05) is 0 Å². The van der Waals surface area contributed by atoms with Crippen molar-refractivity contribution in [2.75, 3.05) is 6.26 Å². The largest absolute Gasteiger partial charge is 0.547 e. The molecule has 0 saturated carbocycles. The zero-order chi connectivity index (χ0) is 8.36. The van der Waals surface area contributed by atoms with Gasteiger partial charge in [0.15, 0.2) is 0 Å². The number of aliphatic carboxylic acids is 1. The fourth-order valence-corrected chi connectivity index (χ4v) is 0.904. The second-order valence-electron chi connectivity index (χ2n) is 1.76. The molecule has 0 rings (SSSR count). The minimum Gasteiger partial charge on any atom is -0.547 e. The van der Waals surface area contributed by atoms with E-state index in [0.717, 1.165) is 13.2 Å². The van der Waals surface area contributed by atoms with Crippen molar-refractivity contribution in [1.82, 2.24) is 0 Å². The molecule has 10 heavy (non-hydrogen) atoms. The van der Waals surface area contributed by atoms with Crippen molar-refractivity contribution in [1.29, 1.82) is 0 Å². The topological polar surface area (TPSA) is 83.5 Å². The van der Waals surface area contributed by atoms with Gasteiger partial charge in [0.05, 0.1) is 12.2 Å². The van der Waals surface area contributed by atoms with E-state index < -0.39 is 22.2 Å². The lowest BCUT2D eigenvalue weighted by molar-refractivity contribution is -0.312. The van der Waals surface area contributed by atoms with Crippen molar-refractivity contribution in [3.05, 3.63) is 0 Å². The summed E-state index contributed by atoms with van der Waals surface area (Å²) in [4.78, 5) is 9.88. The van der Waals surface area contributed by atoms with Crippen LogP contribution in [0.4, 0.5) is 0 Å². The lowest BCUT2D eigenvalue weighted by atomic mass is 10.4. The summed E-state index contributed by atoms with van der Waals surface area (Å²) in [7, 11) is -3.69. The maximum Gasteiger partial charge on any atom is 0.265 e. The summed E-state index contributed by atoms with van der Waals surface area (Å²) in [6.45, 7) is 1.08. The quantitative estimate of drug-likeness (QED) is 0.458. The molecule has 60 valence electrons. The fraction of sp³-hybridized carbons (Fsp3) is 0.750. The van der Waals surface area contributed by atoms with Crippen LogP contribution in [-0.4, -0.2) is 26.7 Å². The van der Waals surface area contributed by atoms with Gasteiger partial charge >= 0.3 is 0 Å². The molecule has 0 aliphatic carbocycles. The molecule has 0 aliphatic heterocycles. The number of hydrogen-bond donors (Lipinski definition) is 0. The maximum absolute atomic E-state index is 10.2. The lowest BCUT2D eigenvalue weighted by Gasteiger charge is -2.10. The van der Waals surface area contributed by atoms with Crippen molar-refractivity contribution in [3.8, 4) is 0 Å². The van der Waals surface area contributed by atoms with Gasteiger partial charge in [-0.2, -0.15) is 8.42 Å². The predicted octanol–water partition coefficient (Wildman–Crippen LogP) is -1.90. The highest BCUT2D eigenvalue weighted by Gasteiger charge is 2.09. The van der Waals surface area contributed by atoms with Crippen molar-refractivity contribution >= 4 is 16.1 Å². The van der Waals surface area contributed by atoms with E-state index in [9.17, 15) is 18.3 Å². The fourth-order valence-electron chi connectivity index (χ4n) is 0.301. The summed E-state index contributed by atoms with van der Waals surface area (Å²) in [5.41, 5.74) is 0. The SMILES string of the molecule is C[C@H](OS(C)(=O)=O)C(=O)[O-]. The zero-order valence-electron chi connectivity index (χ0n) is 5.53. The van der Waals surface area contributed by atoms with Crippen molar-refractivity contribution < 1.29 is 22.5 Å². The minimum atomic E-state index is -3.69. The molecule has 0 aromatic carbocycles. The van der Waals surface area contributed by atoms with E-state index in [1.54, 1.807) is 0 Å². The van der Waals surface area contributed by atoms with Crippen LogP contribution >= 0.6 is 0 Å². The van der Waals surface area contributed by atoms with Crippen molar-refractivity contribution in [3.63, 3.8) is 0 Å². The van der Waals surface area contributed by atoms with E-state index in [-0.39, 0.29) is 0 Å². The number of rotatable bonds is 3. The molecule has 0 spiro atoms. The Morgan fingerprint density at radius 1 is 1.60 bits per heavy atom. The zero-order valence-corrected chi connectivity index (χ0v) is 6.34. The molecule has 0 unspecified atom stereocenters. The van der Waals surface area contributed by atoms with E-state index in [4.69, 9.17) is 0 Å². The molecule has 0 aliphatic rings. The van der Waals surface area contributed by atoms with E-state index >= 15 is 0 Å². The number of hydrogen-bond acceptors (Lipinski definition) is 5. The Bertz CT molecular complexity index is 216. The molecule has 5 nitrogen and oxygen atoms in total. The first kappa shape index (κ1) is 9.38. The maximum atomic E-state index is 10.2. The number of carboxylic acid groups (broad SMARTS) is 1. The van der Waals surface area contributed by atoms with Gasteiger partial charge in [-0.25, -0.2) is 0 Å². The summed E-state index contributed by atoms with van der Waals surface area (Å²) in [6, 6.07) is 0. The Balaban J connectivity index is 4.06. The smallest absolute Gasteiger partial charge is 0.265 e. The molecule has 0 heterocycles. The Labute approximate surface area is 58.7 Å². The summed E-state index contributed by atoms with van der Waals surface area (Å²) >= 11 is 0. The molecular weight excluding hydrogens is 160 g/mol. The average molecular weight is 167 g/mol. The van der Waals surface area contributed by atoms with Gasteiger partial charge in [-0.05, 0) is 6.92 Å². The molecular formula is C4H7O5S-. The first-order valence-corrected chi connectivity index (χ1v) is 4.23. The van der Waals surface area contributed by atoms with Crippen LogP contribution in [0.15, 0.2) is 0 Å². The van der Waals surface area contributed by atoms with Crippen LogP contribution in [-0.2, 0) is 19.1 Å². The Morgan fingerprint density at radius 2 is 2.00 bits per heavy atom.